The van der Waals surface area contributed by atoms with Gasteiger partial charge in [-0.1, -0.05) is 78.8 Å². The van der Waals surface area contributed by atoms with Gasteiger partial charge in [-0.3, -0.25) is 14.8 Å². The summed E-state index contributed by atoms with van der Waals surface area (Å²) in [5.41, 5.74) is 7.47. The molecule has 0 radical (unpaired) electrons. The Hall–Kier alpha value is -4.00. The predicted molar refractivity (Wildman–Crippen MR) is 179 cm³/mol. The number of aromatic nitrogens is 2. The van der Waals surface area contributed by atoms with E-state index in [1.165, 1.54) is 0 Å². The molecule has 0 unspecified atom stereocenters. The molecule has 1 saturated heterocycles. The van der Waals surface area contributed by atoms with Crippen LogP contribution in [-0.4, -0.2) is 43.5 Å². The third kappa shape index (κ3) is 9.99. The first-order chi connectivity index (χ1) is 22.9. The summed E-state index contributed by atoms with van der Waals surface area (Å²) in [6.07, 6.45) is 6.28. The van der Waals surface area contributed by atoms with Gasteiger partial charge in [0, 0.05) is 56.6 Å². The van der Waals surface area contributed by atoms with Crippen LogP contribution in [0.5, 0.6) is 0 Å². The van der Waals surface area contributed by atoms with Crippen molar-refractivity contribution >= 4 is 23.6 Å². The summed E-state index contributed by atoms with van der Waals surface area (Å²) in [5.74, 6) is 0.282. The van der Waals surface area contributed by atoms with Crippen LogP contribution in [0, 0.1) is 0 Å². The number of hydrogen-bond acceptors (Lipinski definition) is 8. The molecular formula is C36H42N4O6S. The number of hydroxylamine groups is 1. The van der Waals surface area contributed by atoms with Crippen molar-refractivity contribution < 1.29 is 29.4 Å². The lowest BCUT2D eigenvalue weighted by molar-refractivity contribution is -0.245. The number of aliphatic hydroxyl groups is 1. The number of hydrogen-bond donors (Lipinski definition) is 4. The van der Waals surface area contributed by atoms with Crippen LogP contribution in [0.2, 0.25) is 0 Å². The number of nitrogens with one attached hydrogen (secondary N) is 2. The molecule has 10 nitrogen and oxygen atoms in total. The van der Waals surface area contributed by atoms with Gasteiger partial charge in [-0.2, -0.15) is 0 Å². The van der Waals surface area contributed by atoms with E-state index in [2.05, 4.69) is 28.5 Å². The lowest BCUT2D eigenvalue weighted by Crippen LogP contribution is -2.31. The maximum Gasteiger partial charge on any atom is 0.243 e. The molecule has 3 aromatic carbocycles. The van der Waals surface area contributed by atoms with Crippen LogP contribution in [0.3, 0.4) is 0 Å². The third-order valence-corrected chi connectivity index (χ3v) is 9.32. The van der Waals surface area contributed by atoms with Gasteiger partial charge in [-0.05, 0) is 52.8 Å². The number of imidazole rings is 1. The number of aliphatic hydroxyl groups excluding tert-OH is 1. The Labute approximate surface area is 279 Å². The number of amides is 2. The average molecular weight is 659 g/mol. The van der Waals surface area contributed by atoms with Gasteiger partial charge in [0.05, 0.1) is 18.8 Å². The quantitative estimate of drug-likeness (QED) is 0.0530. The summed E-state index contributed by atoms with van der Waals surface area (Å²) in [6, 6.07) is 24.2. The molecule has 47 heavy (non-hydrogen) atoms. The van der Waals surface area contributed by atoms with Gasteiger partial charge in [0.2, 0.25) is 11.8 Å². The van der Waals surface area contributed by atoms with Crippen molar-refractivity contribution in [3.8, 4) is 11.1 Å². The molecule has 1 aliphatic heterocycles. The van der Waals surface area contributed by atoms with Gasteiger partial charge in [0.15, 0.2) is 11.4 Å². The van der Waals surface area contributed by atoms with Crippen LogP contribution < -0.4 is 10.8 Å². The van der Waals surface area contributed by atoms with Crippen LogP contribution in [0.1, 0.15) is 73.2 Å². The molecule has 3 atom stereocenters. The molecule has 248 valence electrons. The minimum atomic E-state index is -0.571. The first kappa shape index (κ1) is 34.3. The average Bonchev–Trinajstić information content (AvgIpc) is 3.53. The van der Waals surface area contributed by atoms with Crippen molar-refractivity contribution in [2.75, 3.05) is 5.75 Å². The minimum absolute atomic E-state index is 0.00409. The molecule has 0 spiro atoms. The SMILES string of the molecule is Cn1ccnc1SC[C@H]1C[C@@H](c2ccc(CO)cc2)O[C@@H](c2cccc(-c3cccc(CNC(=O)CCCCCC(=O)NO)c3)c2)O1. The van der Waals surface area contributed by atoms with Crippen LogP contribution in [-0.2, 0) is 39.3 Å². The van der Waals surface area contributed by atoms with Crippen molar-refractivity contribution in [2.45, 2.75) is 75.3 Å². The number of rotatable bonds is 15. The van der Waals surface area contributed by atoms with Crippen LogP contribution >= 0.6 is 11.8 Å². The molecule has 4 N–H and O–H groups in total. The predicted octanol–water partition coefficient (Wildman–Crippen LogP) is 5.99. The normalized spacial score (nSPS) is 17.7. The topological polar surface area (TPSA) is 135 Å². The Kier molecular flexibility index (Phi) is 12.6. The summed E-state index contributed by atoms with van der Waals surface area (Å²) in [4.78, 5) is 27.9. The largest absolute Gasteiger partial charge is 0.392 e. The van der Waals surface area contributed by atoms with E-state index in [1.807, 2.05) is 72.4 Å². The number of ether oxygens (including phenoxy) is 2. The van der Waals surface area contributed by atoms with E-state index in [1.54, 1.807) is 23.4 Å². The minimum Gasteiger partial charge on any atom is -0.392 e. The van der Waals surface area contributed by atoms with Gasteiger partial charge in [-0.15, -0.1) is 0 Å². The Balaban J connectivity index is 1.24. The molecule has 4 aromatic rings. The Morgan fingerprint density at radius 2 is 1.66 bits per heavy atom. The zero-order valence-corrected chi connectivity index (χ0v) is 27.3. The van der Waals surface area contributed by atoms with E-state index in [-0.39, 0.29) is 31.1 Å². The first-order valence-electron chi connectivity index (χ1n) is 15.9. The number of carbonyl (C=O) groups is 2. The van der Waals surface area contributed by atoms with Crippen molar-refractivity contribution in [3.63, 3.8) is 0 Å². The highest BCUT2D eigenvalue weighted by Gasteiger charge is 2.32. The van der Waals surface area contributed by atoms with Gasteiger partial charge in [-0.25, -0.2) is 10.5 Å². The maximum absolute atomic E-state index is 12.4. The molecule has 0 aliphatic carbocycles. The fraction of sp³-hybridized carbons (Fsp3) is 0.361. The standard InChI is InChI=1S/C36H42N4O6S/c1-40-18-17-37-36(40)47-24-31-21-32(27-15-13-25(23-41)14-16-27)46-35(45-31)30-10-6-9-29(20-30)28-8-5-7-26(19-28)22-38-33(42)11-3-2-4-12-34(43)39-44/h5-10,13-20,31-32,35,41,44H,2-4,11-12,21-24H2,1H3,(H,38,42)(H,39,43)/t31-,32+,35+/m1/s1. The number of carbonyl (C=O) groups excluding carboxylic acids is 2. The summed E-state index contributed by atoms with van der Waals surface area (Å²) in [7, 11) is 1.98. The second-order valence-electron chi connectivity index (χ2n) is 11.7. The highest BCUT2D eigenvalue weighted by atomic mass is 32.2. The number of nitrogens with zero attached hydrogens (tertiary/aromatic N) is 2. The number of unbranched alkanes of at least 4 members (excludes halogenated alkanes) is 2. The Bertz CT molecular complexity index is 1610. The van der Waals surface area contributed by atoms with Crippen LogP contribution in [0.25, 0.3) is 11.1 Å². The summed E-state index contributed by atoms with van der Waals surface area (Å²) in [5, 5.41) is 22.0. The number of benzene rings is 3. The van der Waals surface area contributed by atoms with Crippen molar-refractivity contribution in [3.05, 3.63) is 107 Å². The summed E-state index contributed by atoms with van der Waals surface area (Å²) in [6.45, 7) is 0.413. The zero-order valence-electron chi connectivity index (χ0n) is 26.5. The molecule has 2 heterocycles. The van der Waals surface area contributed by atoms with E-state index < -0.39 is 12.2 Å². The van der Waals surface area contributed by atoms with Crippen molar-refractivity contribution in [1.82, 2.24) is 20.3 Å². The lowest BCUT2D eigenvalue weighted by Gasteiger charge is -2.36. The second-order valence-corrected chi connectivity index (χ2v) is 12.7. The highest BCUT2D eigenvalue weighted by molar-refractivity contribution is 7.99. The van der Waals surface area contributed by atoms with Gasteiger partial charge < -0.3 is 24.5 Å². The Morgan fingerprint density at radius 1 is 0.915 bits per heavy atom. The van der Waals surface area contributed by atoms with Crippen molar-refractivity contribution in [2.24, 2.45) is 7.05 Å². The first-order valence-corrected chi connectivity index (χ1v) is 16.9. The molecule has 2 amide bonds. The smallest absolute Gasteiger partial charge is 0.243 e. The molecule has 5 rings (SSSR count). The van der Waals surface area contributed by atoms with Crippen LogP contribution in [0.15, 0.2) is 90.3 Å². The fourth-order valence-electron chi connectivity index (χ4n) is 5.50. The number of aryl methyl sites for hydroxylation is 1. The van der Waals surface area contributed by atoms with Crippen LogP contribution in [0.4, 0.5) is 0 Å². The Morgan fingerprint density at radius 3 is 2.38 bits per heavy atom. The molecule has 0 bridgehead atoms. The number of thioether (sulfide) groups is 1. The van der Waals surface area contributed by atoms with E-state index >= 15 is 0 Å². The second kappa shape index (κ2) is 17.2. The highest BCUT2D eigenvalue weighted by Crippen LogP contribution is 2.40. The van der Waals surface area contributed by atoms with E-state index in [9.17, 15) is 14.7 Å². The van der Waals surface area contributed by atoms with Gasteiger partial charge >= 0.3 is 0 Å². The molecule has 1 aromatic heterocycles. The van der Waals surface area contributed by atoms with Crippen molar-refractivity contribution in [1.29, 1.82) is 0 Å². The maximum atomic E-state index is 12.4. The fourth-order valence-corrected chi connectivity index (χ4v) is 6.45. The van der Waals surface area contributed by atoms with E-state index in [0.29, 0.717) is 32.2 Å². The molecule has 11 heteroatoms. The molecule has 0 saturated carbocycles. The van der Waals surface area contributed by atoms with Gasteiger partial charge in [0.1, 0.15) is 0 Å². The lowest BCUT2D eigenvalue weighted by atomic mass is 9.99. The monoisotopic (exact) mass is 658 g/mol. The van der Waals surface area contributed by atoms with E-state index in [0.717, 1.165) is 50.7 Å². The summed E-state index contributed by atoms with van der Waals surface area (Å²) < 4.78 is 15.1. The van der Waals surface area contributed by atoms with E-state index in [4.69, 9.17) is 14.7 Å². The zero-order chi connectivity index (χ0) is 33.0. The molecule has 1 fully saturated rings. The summed E-state index contributed by atoms with van der Waals surface area (Å²) >= 11 is 1.66. The molecular weight excluding hydrogens is 616 g/mol. The molecule has 1 aliphatic rings. The van der Waals surface area contributed by atoms with Gasteiger partial charge in [0.25, 0.3) is 0 Å². The third-order valence-electron chi connectivity index (χ3n) is 8.13.